The molecule has 0 saturated carbocycles. The van der Waals surface area contributed by atoms with Gasteiger partial charge in [0, 0.05) is 18.8 Å². The third-order valence-electron chi connectivity index (χ3n) is 4.30. The van der Waals surface area contributed by atoms with Gasteiger partial charge in [-0.2, -0.15) is 0 Å². The van der Waals surface area contributed by atoms with Gasteiger partial charge < -0.3 is 5.43 Å². The van der Waals surface area contributed by atoms with E-state index in [1.807, 2.05) is 0 Å². The summed E-state index contributed by atoms with van der Waals surface area (Å²) in [7, 11) is 0. The van der Waals surface area contributed by atoms with Gasteiger partial charge in [-0.3, -0.25) is 10.7 Å². The van der Waals surface area contributed by atoms with Crippen molar-refractivity contribution in [2.75, 3.05) is 18.5 Å². The van der Waals surface area contributed by atoms with Crippen LogP contribution < -0.4 is 11.3 Å². The number of hydrogen-bond donors (Lipinski definition) is 2. The Bertz CT molecular complexity index is 550. The number of anilines is 1. The van der Waals surface area contributed by atoms with E-state index in [0.29, 0.717) is 5.92 Å². The van der Waals surface area contributed by atoms with Crippen LogP contribution in [0.2, 0.25) is 0 Å². The molecule has 3 N–H and O–H groups in total. The monoisotopic (exact) mass is 281 g/mol. The van der Waals surface area contributed by atoms with Gasteiger partial charge in [-0.25, -0.2) is 0 Å². The number of likely N-dealkylation sites (tertiary alicyclic amines) is 1. The third-order valence-corrected chi connectivity index (χ3v) is 4.30. The molecule has 0 spiro atoms. The zero-order valence-corrected chi connectivity index (χ0v) is 12.3. The fourth-order valence-corrected chi connectivity index (χ4v) is 3.16. The Hall–Kier alpha value is -1.84. The highest BCUT2D eigenvalue weighted by Crippen LogP contribution is 2.28. The van der Waals surface area contributed by atoms with Crippen LogP contribution in [0.5, 0.6) is 0 Å². The highest BCUT2D eigenvalue weighted by Gasteiger charge is 2.21. The second-order valence-electron chi connectivity index (χ2n) is 5.83. The highest BCUT2D eigenvalue weighted by atomic mass is 15.2. The summed E-state index contributed by atoms with van der Waals surface area (Å²) < 4.78 is 0. The lowest BCUT2D eigenvalue weighted by Gasteiger charge is -2.33. The predicted octanol–water partition coefficient (Wildman–Crippen LogP) is 3.35. The van der Waals surface area contributed by atoms with Crippen molar-refractivity contribution in [3.05, 3.63) is 65.7 Å². The topological polar surface area (TPSA) is 41.3 Å². The highest BCUT2D eigenvalue weighted by molar-refractivity contribution is 5.44. The van der Waals surface area contributed by atoms with Gasteiger partial charge in [-0.05, 0) is 48.6 Å². The number of rotatable bonds is 4. The Balaban J connectivity index is 1.64. The second kappa shape index (κ2) is 6.74. The van der Waals surface area contributed by atoms with E-state index in [1.165, 1.54) is 30.5 Å². The Morgan fingerprint density at radius 2 is 1.81 bits per heavy atom. The molecule has 1 aliphatic rings. The Morgan fingerprint density at radius 3 is 2.52 bits per heavy atom. The van der Waals surface area contributed by atoms with E-state index >= 15 is 0 Å². The first-order valence-corrected chi connectivity index (χ1v) is 7.68. The number of benzene rings is 2. The number of piperidine rings is 1. The van der Waals surface area contributed by atoms with Crippen LogP contribution in [0.15, 0.2) is 54.6 Å². The summed E-state index contributed by atoms with van der Waals surface area (Å²) in [5.41, 5.74) is 6.48. The largest absolute Gasteiger partial charge is 0.324 e. The van der Waals surface area contributed by atoms with E-state index in [4.69, 9.17) is 5.84 Å². The lowest BCUT2D eigenvalue weighted by Crippen LogP contribution is -2.33. The minimum absolute atomic E-state index is 0.634. The van der Waals surface area contributed by atoms with Gasteiger partial charge in [0.2, 0.25) is 0 Å². The third kappa shape index (κ3) is 3.63. The van der Waals surface area contributed by atoms with Crippen molar-refractivity contribution in [1.29, 1.82) is 0 Å². The SMILES string of the molecule is NNc1ccc(C2CCCN(Cc3ccccc3)C2)cc1. The maximum absolute atomic E-state index is 5.43. The lowest BCUT2D eigenvalue weighted by molar-refractivity contribution is 0.200. The van der Waals surface area contributed by atoms with Crippen LogP contribution in [0.3, 0.4) is 0 Å². The standard InChI is InChI=1S/C18H23N3/c19-20-18-10-8-16(9-11-18)17-7-4-12-21(14-17)13-15-5-2-1-3-6-15/h1-3,5-6,8-11,17,20H,4,7,12-14,19H2. The molecule has 2 aromatic rings. The first-order chi connectivity index (χ1) is 10.3. The quantitative estimate of drug-likeness (QED) is 0.667. The van der Waals surface area contributed by atoms with E-state index in [2.05, 4.69) is 64.9 Å². The van der Waals surface area contributed by atoms with Crippen molar-refractivity contribution in [3.8, 4) is 0 Å². The number of nitrogens with two attached hydrogens (primary N) is 1. The normalized spacial score (nSPS) is 19.4. The Kier molecular flexibility index (Phi) is 4.53. The molecule has 1 atom stereocenters. The van der Waals surface area contributed by atoms with Crippen LogP contribution in [-0.2, 0) is 6.54 Å². The molecule has 1 saturated heterocycles. The molecule has 1 heterocycles. The molecule has 3 heteroatoms. The molecule has 0 aliphatic carbocycles. The summed E-state index contributed by atoms with van der Waals surface area (Å²) in [6.45, 7) is 3.40. The van der Waals surface area contributed by atoms with Crippen molar-refractivity contribution >= 4 is 5.69 Å². The molecule has 0 aromatic heterocycles. The van der Waals surface area contributed by atoms with Crippen LogP contribution in [0.25, 0.3) is 0 Å². The molecular weight excluding hydrogens is 258 g/mol. The lowest BCUT2D eigenvalue weighted by atomic mass is 9.90. The summed E-state index contributed by atoms with van der Waals surface area (Å²) >= 11 is 0. The molecule has 1 unspecified atom stereocenters. The minimum Gasteiger partial charge on any atom is -0.324 e. The van der Waals surface area contributed by atoms with E-state index in [0.717, 1.165) is 18.8 Å². The minimum atomic E-state index is 0.634. The van der Waals surface area contributed by atoms with Crippen LogP contribution >= 0.6 is 0 Å². The molecule has 0 amide bonds. The molecule has 0 bridgehead atoms. The first-order valence-electron chi connectivity index (χ1n) is 7.68. The van der Waals surface area contributed by atoms with Gasteiger partial charge in [0.1, 0.15) is 0 Å². The molecule has 2 aromatic carbocycles. The second-order valence-corrected chi connectivity index (χ2v) is 5.83. The van der Waals surface area contributed by atoms with Crippen molar-refractivity contribution < 1.29 is 0 Å². The maximum Gasteiger partial charge on any atom is 0.0485 e. The Labute approximate surface area is 126 Å². The van der Waals surface area contributed by atoms with Crippen LogP contribution in [0.1, 0.15) is 29.9 Å². The summed E-state index contributed by atoms with van der Waals surface area (Å²) in [4.78, 5) is 2.57. The number of hydrazine groups is 1. The van der Waals surface area contributed by atoms with E-state index < -0.39 is 0 Å². The van der Waals surface area contributed by atoms with Gasteiger partial charge >= 0.3 is 0 Å². The fraction of sp³-hybridized carbons (Fsp3) is 0.333. The number of hydrogen-bond acceptors (Lipinski definition) is 3. The average molecular weight is 281 g/mol. The van der Waals surface area contributed by atoms with E-state index in [1.54, 1.807) is 0 Å². The molecule has 1 aliphatic heterocycles. The maximum atomic E-state index is 5.43. The van der Waals surface area contributed by atoms with Crippen molar-refractivity contribution in [2.24, 2.45) is 5.84 Å². The molecule has 0 radical (unpaired) electrons. The average Bonchev–Trinajstić information content (AvgIpc) is 2.56. The van der Waals surface area contributed by atoms with Crippen molar-refractivity contribution in [3.63, 3.8) is 0 Å². The van der Waals surface area contributed by atoms with Gasteiger partial charge in [-0.1, -0.05) is 42.5 Å². The molecule has 1 fully saturated rings. The van der Waals surface area contributed by atoms with Gasteiger partial charge in [0.15, 0.2) is 0 Å². The van der Waals surface area contributed by atoms with Gasteiger partial charge in [0.25, 0.3) is 0 Å². The van der Waals surface area contributed by atoms with Crippen LogP contribution in [-0.4, -0.2) is 18.0 Å². The van der Waals surface area contributed by atoms with Crippen LogP contribution in [0, 0.1) is 0 Å². The number of nitrogen functional groups attached to an aromatic ring is 1. The fourth-order valence-electron chi connectivity index (χ4n) is 3.16. The summed E-state index contributed by atoms with van der Waals surface area (Å²) in [6, 6.07) is 19.3. The summed E-state index contributed by atoms with van der Waals surface area (Å²) in [6.07, 6.45) is 2.55. The van der Waals surface area contributed by atoms with Gasteiger partial charge in [-0.15, -0.1) is 0 Å². The van der Waals surface area contributed by atoms with Crippen molar-refractivity contribution in [2.45, 2.75) is 25.3 Å². The molecule has 3 rings (SSSR count). The summed E-state index contributed by atoms with van der Waals surface area (Å²) in [5.74, 6) is 6.06. The summed E-state index contributed by atoms with van der Waals surface area (Å²) in [5, 5.41) is 0. The number of nitrogens with one attached hydrogen (secondary N) is 1. The predicted molar refractivity (Wildman–Crippen MR) is 87.9 cm³/mol. The smallest absolute Gasteiger partial charge is 0.0485 e. The molecule has 110 valence electrons. The molecule has 3 nitrogen and oxygen atoms in total. The van der Waals surface area contributed by atoms with Crippen molar-refractivity contribution in [1.82, 2.24) is 4.90 Å². The van der Waals surface area contributed by atoms with E-state index in [-0.39, 0.29) is 0 Å². The zero-order chi connectivity index (χ0) is 14.5. The van der Waals surface area contributed by atoms with E-state index in [9.17, 15) is 0 Å². The first kappa shape index (κ1) is 14.1. The van der Waals surface area contributed by atoms with Gasteiger partial charge in [0.05, 0.1) is 0 Å². The number of nitrogens with zero attached hydrogens (tertiary/aromatic N) is 1. The van der Waals surface area contributed by atoms with Crippen LogP contribution in [0.4, 0.5) is 5.69 Å². The zero-order valence-electron chi connectivity index (χ0n) is 12.3. The Morgan fingerprint density at radius 1 is 1.05 bits per heavy atom. The molecule has 21 heavy (non-hydrogen) atoms. The molecular formula is C18H23N3.